The number of hydrogen-bond donors (Lipinski definition) is 5. The molecule has 0 aromatic carbocycles. The fourth-order valence-electron chi connectivity index (χ4n) is 3.69. The minimum absolute atomic E-state index is 0.0589. The van der Waals surface area contributed by atoms with Crippen molar-refractivity contribution in [2.75, 3.05) is 23.8 Å². The van der Waals surface area contributed by atoms with E-state index >= 15 is 0 Å². The molecule has 172 valence electrons. The number of aromatic nitrogens is 4. The number of nitrogens with one attached hydrogen (secondary N) is 2. The molecule has 1 aliphatic carbocycles. The molecule has 10 nitrogen and oxygen atoms in total. The van der Waals surface area contributed by atoms with Crippen LogP contribution < -0.4 is 10.6 Å². The van der Waals surface area contributed by atoms with E-state index in [9.17, 15) is 28.5 Å². The van der Waals surface area contributed by atoms with Crippen LogP contribution in [-0.2, 0) is 0 Å². The second-order valence-electron chi connectivity index (χ2n) is 7.58. The molecule has 0 unspecified atom stereocenters. The smallest absolute Gasteiger partial charge is 0.405 e. The molecule has 1 saturated carbocycles. The maximum Gasteiger partial charge on any atom is 0.405 e. The Kier molecular flexibility index (Phi) is 5.88. The normalized spacial score (nSPS) is 23.6. The molecule has 4 rings (SSSR count). The summed E-state index contributed by atoms with van der Waals surface area (Å²) >= 11 is 0. The van der Waals surface area contributed by atoms with Crippen LogP contribution in [0, 0.1) is 12.8 Å². The Morgan fingerprint density at radius 1 is 1.19 bits per heavy atom. The van der Waals surface area contributed by atoms with E-state index in [4.69, 9.17) is 4.42 Å². The van der Waals surface area contributed by atoms with Gasteiger partial charge in [-0.1, -0.05) is 0 Å². The molecule has 0 bridgehead atoms. The minimum atomic E-state index is -4.48. The lowest BCUT2D eigenvalue weighted by atomic mass is 10.1. The Balaban J connectivity index is 1.74. The van der Waals surface area contributed by atoms with E-state index in [2.05, 4.69) is 30.6 Å². The molecule has 0 saturated heterocycles. The molecule has 1 aliphatic rings. The number of anilines is 2. The number of hydrogen-bond acceptors (Lipinski definition) is 10. The number of alkyl halides is 3. The number of aliphatic hydroxyl groups excluding tert-OH is 3. The van der Waals surface area contributed by atoms with Gasteiger partial charge in [0, 0.05) is 18.7 Å². The minimum Gasteiger partial charge on any atom is -0.434 e. The van der Waals surface area contributed by atoms with Crippen LogP contribution in [0.1, 0.15) is 12.1 Å². The van der Waals surface area contributed by atoms with Gasteiger partial charge in [0.15, 0.2) is 11.2 Å². The number of rotatable bonds is 6. The lowest BCUT2D eigenvalue weighted by Gasteiger charge is -2.21. The van der Waals surface area contributed by atoms with Gasteiger partial charge in [0.1, 0.15) is 24.0 Å². The van der Waals surface area contributed by atoms with Gasteiger partial charge in [-0.25, -0.2) is 9.97 Å². The fraction of sp³-hybridized carbons (Fsp3) is 0.474. The topological polar surface area (TPSA) is 149 Å². The van der Waals surface area contributed by atoms with Crippen molar-refractivity contribution in [2.45, 2.75) is 37.8 Å². The molecule has 3 aromatic rings. The summed E-state index contributed by atoms with van der Waals surface area (Å²) in [6.07, 6.45) is -5.13. The van der Waals surface area contributed by atoms with Crippen molar-refractivity contribution in [3.8, 4) is 11.5 Å². The van der Waals surface area contributed by atoms with Crippen molar-refractivity contribution >= 4 is 23.0 Å². The summed E-state index contributed by atoms with van der Waals surface area (Å²) in [5.41, 5.74) is 1.26. The molecule has 3 aromatic heterocycles. The van der Waals surface area contributed by atoms with Crippen molar-refractivity contribution in [2.24, 2.45) is 5.92 Å². The first kappa shape index (κ1) is 22.2. The largest absolute Gasteiger partial charge is 0.434 e. The second-order valence-corrected chi connectivity index (χ2v) is 7.58. The Hall–Kier alpha value is -3.03. The number of fused-ring (bicyclic) bond motifs is 1. The van der Waals surface area contributed by atoms with Crippen LogP contribution in [0.25, 0.3) is 22.7 Å². The van der Waals surface area contributed by atoms with Crippen molar-refractivity contribution in [1.82, 2.24) is 19.9 Å². The third kappa shape index (κ3) is 4.45. The first-order valence-electron chi connectivity index (χ1n) is 9.81. The van der Waals surface area contributed by atoms with Crippen LogP contribution in [0.4, 0.5) is 24.9 Å². The third-order valence-corrected chi connectivity index (χ3v) is 5.27. The Labute approximate surface area is 179 Å². The summed E-state index contributed by atoms with van der Waals surface area (Å²) in [4.78, 5) is 16.6. The summed E-state index contributed by atoms with van der Waals surface area (Å²) in [5.74, 6) is -0.700. The Morgan fingerprint density at radius 3 is 2.62 bits per heavy atom. The van der Waals surface area contributed by atoms with Crippen LogP contribution in [-0.4, -0.2) is 72.8 Å². The van der Waals surface area contributed by atoms with E-state index in [1.54, 1.807) is 19.1 Å². The molecular weight excluding hydrogens is 433 g/mol. The van der Waals surface area contributed by atoms with E-state index < -0.39 is 36.9 Å². The lowest BCUT2D eigenvalue weighted by Crippen LogP contribution is -2.36. The highest BCUT2D eigenvalue weighted by atomic mass is 19.4. The molecule has 0 spiro atoms. The Morgan fingerprint density at radius 2 is 1.97 bits per heavy atom. The summed E-state index contributed by atoms with van der Waals surface area (Å²) in [6, 6.07) is 2.59. The molecule has 3 heterocycles. The number of halogens is 3. The molecule has 0 radical (unpaired) electrons. The predicted octanol–water partition coefficient (Wildman–Crippen LogP) is 1.48. The first-order valence-corrected chi connectivity index (χ1v) is 9.81. The number of oxazole rings is 1. The van der Waals surface area contributed by atoms with Crippen LogP contribution in [0.5, 0.6) is 0 Å². The van der Waals surface area contributed by atoms with E-state index in [1.807, 2.05) is 0 Å². The van der Waals surface area contributed by atoms with Crippen LogP contribution in [0.15, 0.2) is 22.7 Å². The lowest BCUT2D eigenvalue weighted by molar-refractivity contribution is -0.115. The zero-order chi connectivity index (χ0) is 23.0. The number of aryl methyl sites for hydroxylation is 1. The quantitative estimate of drug-likeness (QED) is 0.371. The summed E-state index contributed by atoms with van der Waals surface area (Å²) in [5, 5.41) is 35.0. The standard InChI is InChI=1S/C19H21F3N6O4/c1-8-12(17-27-15-11(32-17)3-2-4-23-15)16(28-18(25-8)24-7-19(20,21)22)26-10-5-9(6-29)13(30)14(10)31/h2-4,9-10,13-14,29-31H,5-7H2,1H3,(H2,24,25,26,28)/t9-,10-,13-,14+/m1/s1. The van der Waals surface area contributed by atoms with E-state index in [1.165, 1.54) is 6.20 Å². The van der Waals surface area contributed by atoms with Gasteiger partial charge in [0.2, 0.25) is 11.8 Å². The van der Waals surface area contributed by atoms with Crippen LogP contribution in [0.2, 0.25) is 0 Å². The van der Waals surface area contributed by atoms with Gasteiger partial charge in [-0.15, -0.1) is 0 Å². The maximum atomic E-state index is 12.7. The van der Waals surface area contributed by atoms with Gasteiger partial charge in [0.05, 0.1) is 17.8 Å². The SMILES string of the molecule is Cc1nc(NCC(F)(F)F)nc(N[C@@H]2C[C@H](CO)[C@@H](O)[C@H]2O)c1-c1nc2ncccc2o1. The van der Waals surface area contributed by atoms with Crippen molar-refractivity contribution < 1.29 is 32.9 Å². The zero-order valence-corrected chi connectivity index (χ0v) is 16.8. The molecule has 13 heteroatoms. The number of pyridine rings is 1. The van der Waals surface area contributed by atoms with Crippen molar-refractivity contribution in [3.05, 3.63) is 24.0 Å². The molecular formula is C19H21F3N6O4. The highest BCUT2D eigenvalue weighted by Crippen LogP contribution is 2.35. The van der Waals surface area contributed by atoms with Crippen LogP contribution >= 0.6 is 0 Å². The second kappa shape index (κ2) is 8.48. The van der Waals surface area contributed by atoms with E-state index in [-0.39, 0.29) is 41.9 Å². The van der Waals surface area contributed by atoms with E-state index in [0.29, 0.717) is 11.2 Å². The summed E-state index contributed by atoms with van der Waals surface area (Å²) in [7, 11) is 0. The fourth-order valence-corrected chi connectivity index (χ4v) is 3.69. The predicted molar refractivity (Wildman–Crippen MR) is 107 cm³/mol. The molecule has 0 amide bonds. The maximum absolute atomic E-state index is 12.7. The van der Waals surface area contributed by atoms with Gasteiger partial charge in [-0.05, 0) is 25.5 Å². The monoisotopic (exact) mass is 454 g/mol. The number of nitrogens with zero attached hydrogens (tertiary/aromatic N) is 4. The average Bonchev–Trinajstić information content (AvgIpc) is 3.27. The van der Waals surface area contributed by atoms with Gasteiger partial charge in [0.25, 0.3) is 0 Å². The molecule has 4 atom stereocenters. The van der Waals surface area contributed by atoms with Crippen molar-refractivity contribution in [1.29, 1.82) is 0 Å². The molecule has 32 heavy (non-hydrogen) atoms. The zero-order valence-electron chi connectivity index (χ0n) is 16.8. The molecule has 0 aliphatic heterocycles. The first-order chi connectivity index (χ1) is 15.2. The van der Waals surface area contributed by atoms with Gasteiger partial charge < -0.3 is 30.4 Å². The van der Waals surface area contributed by atoms with Gasteiger partial charge in [-0.2, -0.15) is 23.1 Å². The number of aliphatic hydroxyl groups is 3. The summed E-state index contributed by atoms with van der Waals surface area (Å²) < 4.78 is 43.7. The highest BCUT2D eigenvalue weighted by Gasteiger charge is 2.41. The molecule has 1 fully saturated rings. The van der Waals surface area contributed by atoms with Gasteiger partial charge in [-0.3, -0.25) is 0 Å². The highest BCUT2D eigenvalue weighted by molar-refractivity contribution is 5.78. The summed E-state index contributed by atoms with van der Waals surface area (Å²) in [6.45, 7) is -0.115. The van der Waals surface area contributed by atoms with Crippen LogP contribution in [0.3, 0.4) is 0 Å². The van der Waals surface area contributed by atoms with Gasteiger partial charge >= 0.3 is 6.18 Å². The Bertz CT molecular complexity index is 1080. The van der Waals surface area contributed by atoms with Crippen molar-refractivity contribution in [3.63, 3.8) is 0 Å². The van der Waals surface area contributed by atoms with E-state index in [0.717, 1.165) is 0 Å². The average molecular weight is 454 g/mol. The third-order valence-electron chi connectivity index (χ3n) is 5.27. The molecule has 5 N–H and O–H groups in total.